The van der Waals surface area contributed by atoms with Gasteiger partial charge in [-0.3, -0.25) is 0 Å². The summed E-state index contributed by atoms with van der Waals surface area (Å²) in [6.45, 7) is 6.87. The average molecular weight is 204 g/mol. The molecule has 0 radical (unpaired) electrons. The van der Waals surface area contributed by atoms with Crippen molar-refractivity contribution in [1.82, 2.24) is 15.0 Å². The van der Waals surface area contributed by atoms with Gasteiger partial charge in [0.1, 0.15) is 5.52 Å². The van der Waals surface area contributed by atoms with Gasteiger partial charge >= 0.3 is 0 Å². The number of hydrogen-bond donors (Lipinski definition) is 1. The Morgan fingerprint density at radius 1 is 1.33 bits per heavy atom. The van der Waals surface area contributed by atoms with E-state index in [1.165, 1.54) is 0 Å². The molecule has 0 saturated heterocycles. The van der Waals surface area contributed by atoms with Crippen molar-refractivity contribution in [2.24, 2.45) is 5.73 Å². The molecule has 0 saturated carbocycles. The highest BCUT2D eigenvalue weighted by molar-refractivity contribution is 5.75. The number of rotatable bonds is 1. The van der Waals surface area contributed by atoms with Gasteiger partial charge < -0.3 is 5.73 Å². The van der Waals surface area contributed by atoms with Crippen molar-refractivity contribution in [3.63, 3.8) is 0 Å². The van der Waals surface area contributed by atoms with E-state index in [2.05, 4.69) is 31.1 Å². The molecule has 2 rings (SSSR count). The van der Waals surface area contributed by atoms with Crippen LogP contribution in [0, 0.1) is 0 Å². The van der Waals surface area contributed by atoms with E-state index in [4.69, 9.17) is 5.73 Å². The lowest BCUT2D eigenvalue weighted by molar-refractivity contribution is 0.358. The highest BCUT2D eigenvalue weighted by atomic mass is 15.4. The van der Waals surface area contributed by atoms with Gasteiger partial charge in [-0.05, 0) is 38.5 Å². The molecule has 4 nitrogen and oxygen atoms in total. The summed E-state index contributed by atoms with van der Waals surface area (Å²) in [5.74, 6) is 0. The van der Waals surface area contributed by atoms with Crippen LogP contribution in [0.15, 0.2) is 18.2 Å². The highest BCUT2D eigenvalue weighted by Gasteiger charge is 2.17. The first-order chi connectivity index (χ1) is 7.02. The number of fused-ring (bicyclic) bond motifs is 1. The summed E-state index contributed by atoms with van der Waals surface area (Å²) in [5, 5.41) is 8.32. The van der Waals surface area contributed by atoms with E-state index >= 15 is 0 Å². The molecule has 0 spiro atoms. The van der Waals surface area contributed by atoms with Crippen LogP contribution in [0.2, 0.25) is 0 Å². The van der Waals surface area contributed by atoms with Gasteiger partial charge in [0.15, 0.2) is 0 Å². The predicted octanol–water partition coefficient (Wildman–Crippen LogP) is 1.65. The van der Waals surface area contributed by atoms with Gasteiger partial charge in [0, 0.05) is 6.54 Å². The van der Waals surface area contributed by atoms with Gasteiger partial charge in [0.2, 0.25) is 0 Å². The number of benzene rings is 1. The van der Waals surface area contributed by atoms with Crippen LogP contribution in [0.25, 0.3) is 11.0 Å². The Bertz CT molecular complexity index is 479. The highest BCUT2D eigenvalue weighted by Crippen LogP contribution is 2.20. The van der Waals surface area contributed by atoms with Crippen LogP contribution in [0.3, 0.4) is 0 Å². The topological polar surface area (TPSA) is 56.7 Å². The molecule has 0 aliphatic heterocycles. The van der Waals surface area contributed by atoms with Crippen molar-refractivity contribution in [2.45, 2.75) is 32.9 Å². The zero-order valence-corrected chi connectivity index (χ0v) is 9.36. The Hall–Kier alpha value is -1.42. The molecule has 0 fully saturated rings. The summed E-state index contributed by atoms with van der Waals surface area (Å²) in [5.41, 5.74) is 8.59. The van der Waals surface area contributed by atoms with Gasteiger partial charge in [-0.2, -0.15) is 0 Å². The minimum atomic E-state index is -0.0427. The summed E-state index contributed by atoms with van der Waals surface area (Å²) in [4.78, 5) is 0. The Labute approximate surface area is 89.1 Å². The smallest absolute Gasteiger partial charge is 0.113 e. The van der Waals surface area contributed by atoms with Crippen molar-refractivity contribution in [1.29, 1.82) is 0 Å². The van der Waals surface area contributed by atoms with E-state index in [1.807, 2.05) is 22.9 Å². The van der Waals surface area contributed by atoms with Crippen molar-refractivity contribution >= 4 is 11.0 Å². The van der Waals surface area contributed by atoms with Gasteiger partial charge in [0.25, 0.3) is 0 Å². The molecule has 80 valence electrons. The van der Waals surface area contributed by atoms with Gasteiger partial charge in [-0.1, -0.05) is 11.3 Å². The number of nitrogens with zero attached hydrogens (tertiary/aromatic N) is 3. The van der Waals surface area contributed by atoms with Gasteiger partial charge in [-0.15, -0.1) is 5.10 Å². The van der Waals surface area contributed by atoms with Crippen LogP contribution in [-0.2, 0) is 12.1 Å². The Morgan fingerprint density at radius 2 is 2.07 bits per heavy atom. The second-order valence-corrected chi connectivity index (χ2v) is 4.70. The van der Waals surface area contributed by atoms with E-state index in [9.17, 15) is 0 Å². The lowest BCUT2D eigenvalue weighted by Gasteiger charge is -2.19. The molecule has 4 heteroatoms. The second-order valence-electron chi connectivity index (χ2n) is 4.70. The maximum absolute atomic E-state index is 5.58. The fourth-order valence-corrected chi connectivity index (χ4v) is 1.59. The van der Waals surface area contributed by atoms with Crippen LogP contribution in [0.4, 0.5) is 0 Å². The molecule has 0 unspecified atom stereocenters. The molecule has 2 aromatic rings. The van der Waals surface area contributed by atoms with E-state index < -0.39 is 0 Å². The third kappa shape index (κ3) is 1.72. The summed E-state index contributed by atoms with van der Waals surface area (Å²) in [6.07, 6.45) is 0. The van der Waals surface area contributed by atoms with Crippen LogP contribution in [-0.4, -0.2) is 15.0 Å². The summed E-state index contributed by atoms with van der Waals surface area (Å²) in [6, 6.07) is 6.04. The monoisotopic (exact) mass is 204 g/mol. The molecular formula is C11H16N4. The maximum Gasteiger partial charge on any atom is 0.113 e. The third-order valence-electron chi connectivity index (χ3n) is 2.38. The molecule has 15 heavy (non-hydrogen) atoms. The zero-order chi connectivity index (χ0) is 11.1. The number of hydrogen-bond acceptors (Lipinski definition) is 3. The molecule has 0 aliphatic rings. The van der Waals surface area contributed by atoms with Crippen LogP contribution in [0.5, 0.6) is 0 Å². The summed E-state index contributed by atoms with van der Waals surface area (Å²) < 4.78 is 1.93. The fraction of sp³-hybridized carbons (Fsp3) is 0.455. The first-order valence-corrected chi connectivity index (χ1v) is 5.07. The fourth-order valence-electron chi connectivity index (χ4n) is 1.59. The van der Waals surface area contributed by atoms with Crippen LogP contribution in [0.1, 0.15) is 26.3 Å². The largest absolute Gasteiger partial charge is 0.326 e. The maximum atomic E-state index is 5.58. The van der Waals surface area contributed by atoms with Crippen LogP contribution >= 0.6 is 0 Å². The van der Waals surface area contributed by atoms with Gasteiger partial charge in [0.05, 0.1) is 11.1 Å². The normalized spacial score (nSPS) is 12.3. The minimum absolute atomic E-state index is 0.0427. The first kappa shape index (κ1) is 10.1. The quantitative estimate of drug-likeness (QED) is 0.768. The standard InChI is InChI=1S/C11H16N4/c1-11(2,3)15-10-5-4-8(7-12)6-9(10)13-14-15/h4-6H,7,12H2,1-3H3. The molecule has 2 N–H and O–H groups in total. The number of nitrogens with two attached hydrogens (primary N) is 1. The first-order valence-electron chi connectivity index (χ1n) is 5.07. The predicted molar refractivity (Wildman–Crippen MR) is 60.4 cm³/mol. The molecule has 1 aromatic carbocycles. The van der Waals surface area contributed by atoms with Crippen molar-refractivity contribution in [3.05, 3.63) is 23.8 Å². The summed E-state index contributed by atoms with van der Waals surface area (Å²) in [7, 11) is 0. The molecule has 1 heterocycles. The molecule has 0 aliphatic carbocycles. The minimum Gasteiger partial charge on any atom is -0.326 e. The Kier molecular flexibility index (Phi) is 2.23. The Balaban J connectivity index is 2.62. The van der Waals surface area contributed by atoms with Crippen molar-refractivity contribution in [3.8, 4) is 0 Å². The molecule has 0 atom stereocenters. The lowest BCUT2D eigenvalue weighted by Crippen LogP contribution is -2.23. The van der Waals surface area contributed by atoms with Crippen LogP contribution < -0.4 is 5.73 Å². The van der Waals surface area contributed by atoms with Crippen molar-refractivity contribution < 1.29 is 0 Å². The lowest BCUT2D eigenvalue weighted by atomic mass is 10.1. The summed E-state index contributed by atoms with van der Waals surface area (Å²) >= 11 is 0. The average Bonchev–Trinajstić information content (AvgIpc) is 2.59. The SMILES string of the molecule is CC(C)(C)n1nnc2cc(CN)ccc21. The Morgan fingerprint density at radius 3 is 2.67 bits per heavy atom. The second kappa shape index (κ2) is 3.31. The molecule has 1 aromatic heterocycles. The molecular weight excluding hydrogens is 188 g/mol. The third-order valence-corrected chi connectivity index (χ3v) is 2.38. The van der Waals surface area contributed by atoms with E-state index in [0.717, 1.165) is 16.6 Å². The molecule has 0 amide bonds. The zero-order valence-electron chi connectivity index (χ0n) is 9.36. The van der Waals surface area contributed by atoms with E-state index in [-0.39, 0.29) is 5.54 Å². The van der Waals surface area contributed by atoms with Gasteiger partial charge in [-0.25, -0.2) is 4.68 Å². The van der Waals surface area contributed by atoms with E-state index in [1.54, 1.807) is 0 Å². The van der Waals surface area contributed by atoms with Crippen molar-refractivity contribution in [2.75, 3.05) is 0 Å². The molecule has 0 bridgehead atoms. The number of aromatic nitrogens is 3. The van der Waals surface area contributed by atoms with E-state index in [0.29, 0.717) is 6.54 Å².